The van der Waals surface area contributed by atoms with Gasteiger partial charge in [-0.15, -0.1) is 0 Å². The van der Waals surface area contributed by atoms with Gasteiger partial charge in [-0.05, 0) is 43.9 Å². The Kier molecular flexibility index (Phi) is 6.24. The lowest BCUT2D eigenvalue weighted by molar-refractivity contribution is 0.0350. The Hall–Kier alpha value is -1.68. The predicted molar refractivity (Wildman–Crippen MR) is 101 cm³/mol. The minimum atomic E-state index is -0.425. The molecule has 3 heteroatoms. The summed E-state index contributed by atoms with van der Waals surface area (Å²) in [4.78, 5) is 2.38. The number of aliphatic hydroxyl groups is 2. The fraction of sp³-hybridized carbons (Fsp3) is 0.455. The third kappa shape index (κ3) is 4.69. The first kappa shape index (κ1) is 18.1. The van der Waals surface area contributed by atoms with E-state index in [9.17, 15) is 10.2 Å². The van der Waals surface area contributed by atoms with Crippen molar-refractivity contribution >= 4 is 0 Å². The Labute approximate surface area is 150 Å². The molecule has 1 fully saturated rings. The van der Waals surface area contributed by atoms with Crippen molar-refractivity contribution in [1.29, 1.82) is 0 Å². The van der Waals surface area contributed by atoms with Crippen LogP contribution in [0.3, 0.4) is 0 Å². The highest BCUT2D eigenvalue weighted by molar-refractivity contribution is 5.18. The molecule has 2 unspecified atom stereocenters. The topological polar surface area (TPSA) is 43.7 Å². The SMILES string of the molecule is CN1[C@@H](CC(O)c2ccccc2)CCC[C@H]1CC(O)c1ccccc1. The molecule has 0 saturated carbocycles. The Bertz CT molecular complexity index is 575. The second-order valence-corrected chi connectivity index (χ2v) is 7.23. The van der Waals surface area contributed by atoms with E-state index in [2.05, 4.69) is 11.9 Å². The van der Waals surface area contributed by atoms with Crippen LogP contribution in [0.1, 0.15) is 55.4 Å². The molecule has 2 aromatic rings. The second-order valence-electron chi connectivity index (χ2n) is 7.23. The Morgan fingerprint density at radius 3 is 1.60 bits per heavy atom. The smallest absolute Gasteiger partial charge is 0.0805 e. The molecule has 0 aliphatic carbocycles. The van der Waals surface area contributed by atoms with Crippen LogP contribution in [0, 0.1) is 0 Å². The van der Waals surface area contributed by atoms with E-state index in [1.807, 2.05) is 60.7 Å². The van der Waals surface area contributed by atoms with E-state index in [1.54, 1.807) is 0 Å². The average molecular weight is 339 g/mol. The summed E-state index contributed by atoms with van der Waals surface area (Å²) in [5.74, 6) is 0. The van der Waals surface area contributed by atoms with Gasteiger partial charge >= 0.3 is 0 Å². The number of hydrogen-bond donors (Lipinski definition) is 2. The van der Waals surface area contributed by atoms with Crippen molar-refractivity contribution in [3.05, 3.63) is 71.8 Å². The number of likely N-dealkylation sites (tertiary alicyclic amines) is 1. The molecular formula is C22H29NO2. The molecule has 2 aromatic carbocycles. The van der Waals surface area contributed by atoms with Gasteiger partial charge in [-0.2, -0.15) is 0 Å². The van der Waals surface area contributed by atoms with Gasteiger partial charge in [0.1, 0.15) is 0 Å². The van der Waals surface area contributed by atoms with Gasteiger partial charge in [0.2, 0.25) is 0 Å². The molecule has 0 radical (unpaired) electrons. The van der Waals surface area contributed by atoms with Crippen LogP contribution in [0.15, 0.2) is 60.7 Å². The van der Waals surface area contributed by atoms with E-state index in [0.29, 0.717) is 12.1 Å². The van der Waals surface area contributed by atoms with E-state index in [0.717, 1.165) is 43.2 Å². The van der Waals surface area contributed by atoms with Crippen LogP contribution in [0.25, 0.3) is 0 Å². The van der Waals surface area contributed by atoms with Crippen LogP contribution in [-0.2, 0) is 0 Å². The molecule has 1 aliphatic heterocycles. The van der Waals surface area contributed by atoms with Crippen molar-refractivity contribution in [2.45, 2.75) is 56.4 Å². The summed E-state index contributed by atoms with van der Waals surface area (Å²) in [6.07, 6.45) is 4.02. The van der Waals surface area contributed by atoms with E-state index in [1.165, 1.54) is 0 Å². The predicted octanol–water partition coefficient (Wildman–Crippen LogP) is 4.09. The highest BCUT2D eigenvalue weighted by Crippen LogP contribution is 2.32. The zero-order chi connectivity index (χ0) is 17.6. The van der Waals surface area contributed by atoms with E-state index < -0.39 is 12.2 Å². The van der Waals surface area contributed by atoms with Crippen molar-refractivity contribution in [2.24, 2.45) is 0 Å². The normalized spacial score (nSPS) is 24.0. The van der Waals surface area contributed by atoms with Gasteiger partial charge in [-0.3, -0.25) is 0 Å². The lowest BCUT2D eigenvalue weighted by atomic mass is 9.88. The molecule has 0 spiro atoms. The molecule has 1 aliphatic rings. The average Bonchev–Trinajstić information content (AvgIpc) is 2.66. The zero-order valence-electron chi connectivity index (χ0n) is 15.0. The van der Waals surface area contributed by atoms with Gasteiger partial charge in [0.15, 0.2) is 0 Å². The number of hydrogen-bond acceptors (Lipinski definition) is 3. The largest absolute Gasteiger partial charge is 0.388 e. The molecular weight excluding hydrogens is 310 g/mol. The van der Waals surface area contributed by atoms with Crippen molar-refractivity contribution in [3.63, 3.8) is 0 Å². The lowest BCUT2D eigenvalue weighted by Gasteiger charge is -2.41. The van der Waals surface area contributed by atoms with Crippen molar-refractivity contribution < 1.29 is 10.2 Å². The summed E-state index contributed by atoms with van der Waals surface area (Å²) in [5.41, 5.74) is 1.98. The molecule has 0 bridgehead atoms. The molecule has 25 heavy (non-hydrogen) atoms. The Morgan fingerprint density at radius 2 is 1.20 bits per heavy atom. The minimum absolute atomic E-state index is 0.358. The van der Waals surface area contributed by atoms with Gasteiger partial charge in [0, 0.05) is 12.1 Å². The molecule has 1 saturated heterocycles. The zero-order valence-corrected chi connectivity index (χ0v) is 15.0. The number of rotatable bonds is 6. The van der Waals surface area contributed by atoms with Gasteiger partial charge < -0.3 is 15.1 Å². The summed E-state index contributed by atoms with van der Waals surface area (Å²) in [6, 6.07) is 20.5. The molecule has 3 nitrogen and oxygen atoms in total. The maximum absolute atomic E-state index is 10.6. The van der Waals surface area contributed by atoms with Crippen molar-refractivity contribution in [2.75, 3.05) is 7.05 Å². The van der Waals surface area contributed by atoms with Gasteiger partial charge in [-0.1, -0.05) is 67.1 Å². The van der Waals surface area contributed by atoms with E-state index in [-0.39, 0.29) is 0 Å². The summed E-state index contributed by atoms with van der Waals surface area (Å²) >= 11 is 0. The number of aliphatic hydroxyl groups excluding tert-OH is 2. The minimum Gasteiger partial charge on any atom is -0.388 e. The summed E-state index contributed by atoms with van der Waals surface area (Å²) in [7, 11) is 2.14. The Balaban J connectivity index is 1.60. The summed E-state index contributed by atoms with van der Waals surface area (Å²) < 4.78 is 0. The van der Waals surface area contributed by atoms with Crippen LogP contribution < -0.4 is 0 Å². The number of piperidine rings is 1. The first-order valence-electron chi connectivity index (χ1n) is 9.33. The highest BCUT2D eigenvalue weighted by atomic mass is 16.3. The molecule has 2 N–H and O–H groups in total. The van der Waals surface area contributed by atoms with Gasteiger partial charge in [-0.25, -0.2) is 0 Å². The first-order valence-corrected chi connectivity index (χ1v) is 9.33. The van der Waals surface area contributed by atoms with Crippen molar-refractivity contribution in [3.8, 4) is 0 Å². The molecule has 3 rings (SSSR count). The van der Waals surface area contributed by atoms with E-state index in [4.69, 9.17) is 0 Å². The highest BCUT2D eigenvalue weighted by Gasteiger charge is 2.30. The van der Waals surface area contributed by atoms with Crippen LogP contribution in [0.4, 0.5) is 0 Å². The second kappa shape index (κ2) is 8.61. The van der Waals surface area contributed by atoms with Gasteiger partial charge in [0.05, 0.1) is 12.2 Å². The molecule has 0 aromatic heterocycles. The number of nitrogens with zero attached hydrogens (tertiary/aromatic N) is 1. The molecule has 4 atom stereocenters. The summed E-state index contributed by atoms with van der Waals surface area (Å²) in [5, 5.41) is 21.1. The van der Waals surface area contributed by atoms with Crippen molar-refractivity contribution in [1.82, 2.24) is 4.90 Å². The monoisotopic (exact) mass is 339 g/mol. The third-order valence-electron chi connectivity index (χ3n) is 5.59. The first-order chi connectivity index (χ1) is 12.1. The van der Waals surface area contributed by atoms with Crippen LogP contribution in [0.5, 0.6) is 0 Å². The van der Waals surface area contributed by atoms with Crippen LogP contribution in [0.2, 0.25) is 0 Å². The third-order valence-corrected chi connectivity index (χ3v) is 5.59. The molecule has 0 amide bonds. The quantitative estimate of drug-likeness (QED) is 0.833. The lowest BCUT2D eigenvalue weighted by Crippen LogP contribution is -2.45. The molecule has 1 heterocycles. The standard InChI is InChI=1S/C22H29NO2/c1-23-19(15-21(24)17-9-4-2-5-10-17)13-8-14-20(23)16-22(25)18-11-6-3-7-12-18/h2-7,9-12,19-22,24-25H,8,13-16H2,1H3/t19-,20+,21?,22?. The van der Waals surface area contributed by atoms with Gasteiger partial charge in [0.25, 0.3) is 0 Å². The molecule has 134 valence electrons. The maximum atomic E-state index is 10.6. The number of benzene rings is 2. The fourth-order valence-electron chi connectivity index (χ4n) is 4.00. The fourth-order valence-corrected chi connectivity index (χ4v) is 4.00. The van der Waals surface area contributed by atoms with E-state index >= 15 is 0 Å². The van der Waals surface area contributed by atoms with Crippen LogP contribution >= 0.6 is 0 Å². The van der Waals surface area contributed by atoms with Crippen LogP contribution in [-0.4, -0.2) is 34.2 Å². The Morgan fingerprint density at radius 1 is 0.800 bits per heavy atom. The maximum Gasteiger partial charge on any atom is 0.0805 e. The summed E-state index contributed by atoms with van der Waals surface area (Å²) in [6.45, 7) is 0.